The minimum Gasteiger partial charge on any atom is -0.462 e. The Morgan fingerprint density at radius 1 is 1.27 bits per heavy atom. The van der Waals surface area contributed by atoms with Gasteiger partial charge in [-0.15, -0.1) is 0 Å². The van der Waals surface area contributed by atoms with Crippen LogP contribution in [0, 0.1) is 0 Å². The Hall–Kier alpha value is -1.52. The number of carbonyl (C=O) groups excluding carboxylic acids is 1. The molecule has 1 aromatic carbocycles. The second-order valence-corrected chi connectivity index (χ2v) is 2.80. The number of hydrogen-bond donors (Lipinski definition) is 0. The van der Waals surface area contributed by atoms with Gasteiger partial charge in [0.25, 0.3) is 0 Å². The molecule has 0 heterocycles. The van der Waals surface area contributed by atoms with Gasteiger partial charge in [0.1, 0.15) is 0 Å². The highest BCUT2D eigenvalue weighted by molar-refractivity contribution is 5.89. The number of halogens is 3. The lowest BCUT2D eigenvalue weighted by atomic mass is 9.90. The van der Waals surface area contributed by atoms with E-state index < -0.39 is 17.7 Å². The molecule has 82 valence electrons. The summed E-state index contributed by atoms with van der Waals surface area (Å²) in [5.41, 5.74) is -0.666. The molecule has 0 radical (unpaired) electrons. The first kappa shape index (κ1) is 11.6. The summed E-state index contributed by atoms with van der Waals surface area (Å²) in [5.74, 6) is -0.619. The average molecular weight is 217 g/mol. The zero-order valence-electron chi connectivity index (χ0n) is 7.97. The number of ether oxygens (including phenoxy) is 1. The molecule has 2 nitrogen and oxygen atoms in total. The predicted octanol–water partition coefficient (Wildman–Crippen LogP) is 2.88. The van der Waals surface area contributed by atoms with Gasteiger partial charge >= 0.3 is 12.1 Å². The molecule has 0 fully saturated rings. The van der Waals surface area contributed by atoms with E-state index in [0.717, 1.165) is 24.3 Å². The Kier molecular flexibility index (Phi) is 3.34. The van der Waals surface area contributed by atoms with E-state index in [9.17, 15) is 18.0 Å². The first-order chi connectivity index (χ1) is 6.95. The summed E-state index contributed by atoms with van der Waals surface area (Å²) in [6.07, 6.45) is -4.38. The van der Waals surface area contributed by atoms with Gasteiger partial charge in [0.15, 0.2) is 0 Å². The third-order valence-electron chi connectivity index (χ3n) is 1.72. The lowest BCUT2D eigenvalue weighted by Crippen LogP contribution is -2.07. The zero-order chi connectivity index (χ0) is 11.5. The van der Waals surface area contributed by atoms with Crippen molar-refractivity contribution in [1.29, 1.82) is 0 Å². The molecule has 0 aliphatic carbocycles. The van der Waals surface area contributed by atoms with E-state index in [4.69, 9.17) is 0 Å². The van der Waals surface area contributed by atoms with Crippen molar-refractivity contribution < 1.29 is 22.7 Å². The van der Waals surface area contributed by atoms with Crippen molar-refractivity contribution in [3.63, 3.8) is 0 Å². The molecule has 0 atom stereocenters. The van der Waals surface area contributed by atoms with Crippen molar-refractivity contribution in [2.24, 2.45) is 0 Å². The molecule has 0 N–H and O–H groups in total. The van der Waals surface area contributed by atoms with Gasteiger partial charge in [-0.25, -0.2) is 4.79 Å². The van der Waals surface area contributed by atoms with Gasteiger partial charge in [0.05, 0.1) is 17.7 Å². The lowest BCUT2D eigenvalue weighted by molar-refractivity contribution is -0.137. The van der Waals surface area contributed by atoms with Crippen molar-refractivity contribution in [2.45, 2.75) is 13.1 Å². The van der Waals surface area contributed by atoms with Crippen LogP contribution in [0.5, 0.6) is 0 Å². The van der Waals surface area contributed by atoms with Crippen LogP contribution in [0.2, 0.25) is 0 Å². The van der Waals surface area contributed by atoms with E-state index in [2.05, 4.69) is 4.74 Å². The standard InChI is InChI=1S/C10H9F3O2/c1-2-15-9(14)7-3-5-8(6-4-7)10(11,12)13/h3-6H,2H2,1H3/i10-1. The van der Waals surface area contributed by atoms with Gasteiger partial charge in [-0.05, 0) is 31.2 Å². The van der Waals surface area contributed by atoms with Crippen molar-refractivity contribution in [3.8, 4) is 0 Å². The van der Waals surface area contributed by atoms with E-state index >= 15 is 0 Å². The minimum absolute atomic E-state index is 0.116. The van der Waals surface area contributed by atoms with Crippen LogP contribution in [0.3, 0.4) is 0 Å². The zero-order valence-corrected chi connectivity index (χ0v) is 7.97. The Bertz CT molecular complexity index is 341. The topological polar surface area (TPSA) is 26.3 Å². The summed E-state index contributed by atoms with van der Waals surface area (Å²) in [4.78, 5) is 11.1. The number of esters is 1. The lowest BCUT2D eigenvalue weighted by Gasteiger charge is -2.07. The number of hydrogen-bond acceptors (Lipinski definition) is 2. The molecule has 5 heteroatoms. The minimum atomic E-state index is -4.38. The number of benzene rings is 1. The van der Waals surface area contributed by atoms with Crippen molar-refractivity contribution >= 4 is 5.97 Å². The normalized spacial score (nSPS) is 11.2. The monoisotopic (exact) mass is 217 g/mol. The number of carbonyl (C=O) groups is 1. The second kappa shape index (κ2) is 4.33. The van der Waals surface area contributed by atoms with Gasteiger partial charge in [0.2, 0.25) is 0 Å². The first-order valence-electron chi connectivity index (χ1n) is 4.29. The largest absolute Gasteiger partial charge is 0.462 e. The van der Waals surface area contributed by atoms with Crippen LogP contribution >= 0.6 is 0 Å². The molecule has 1 rings (SSSR count). The third-order valence-corrected chi connectivity index (χ3v) is 1.72. The highest BCUT2D eigenvalue weighted by Gasteiger charge is 2.30. The highest BCUT2D eigenvalue weighted by atomic mass is 19.4. The fourth-order valence-corrected chi connectivity index (χ4v) is 1.01. The molecule has 0 aromatic heterocycles. The maximum absolute atomic E-state index is 12.2. The maximum Gasteiger partial charge on any atom is 0.416 e. The smallest absolute Gasteiger partial charge is 0.416 e. The van der Waals surface area contributed by atoms with E-state index in [-0.39, 0.29) is 12.2 Å². The van der Waals surface area contributed by atoms with Crippen molar-refractivity contribution in [2.75, 3.05) is 6.61 Å². The van der Waals surface area contributed by atoms with Crippen LogP contribution in [0.1, 0.15) is 22.8 Å². The predicted molar refractivity (Wildman–Crippen MR) is 47.4 cm³/mol. The summed E-state index contributed by atoms with van der Waals surface area (Å²) in [5, 5.41) is 0. The Labute approximate surface area is 84.7 Å². The average Bonchev–Trinajstić information content (AvgIpc) is 2.17. The molecule has 0 aliphatic heterocycles. The Balaban J connectivity index is 2.86. The summed E-state index contributed by atoms with van der Waals surface area (Å²) in [6.45, 7) is 1.82. The van der Waals surface area contributed by atoms with Crippen LogP contribution in [-0.4, -0.2) is 12.6 Å². The van der Waals surface area contributed by atoms with E-state index in [1.807, 2.05) is 0 Å². The summed E-state index contributed by atoms with van der Waals surface area (Å²) in [7, 11) is 0. The molecule has 0 spiro atoms. The van der Waals surface area contributed by atoms with Crippen LogP contribution in [-0.2, 0) is 10.9 Å². The van der Waals surface area contributed by atoms with Crippen molar-refractivity contribution in [3.05, 3.63) is 35.4 Å². The SMILES string of the molecule is CCOC(=O)c1ccc([11C](F)(F)F)cc1. The molecule has 0 saturated carbocycles. The van der Waals surface area contributed by atoms with Gasteiger partial charge in [-0.1, -0.05) is 0 Å². The molecular formula is C10H9F3O2. The molecule has 0 amide bonds. The van der Waals surface area contributed by atoms with Gasteiger partial charge in [0, 0.05) is 0 Å². The number of rotatable bonds is 2. The van der Waals surface area contributed by atoms with Crippen LogP contribution in [0.25, 0.3) is 0 Å². The molecule has 0 saturated heterocycles. The fourth-order valence-electron chi connectivity index (χ4n) is 1.01. The molecule has 0 bridgehead atoms. The molecule has 0 unspecified atom stereocenters. The first-order valence-corrected chi connectivity index (χ1v) is 4.29. The summed E-state index contributed by atoms with van der Waals surface area (Å²) < 4.78 is 41.1. The van der Waals surface area contributed by atoms with Gasteiger partial charge in [-0.2, -0.15) is 13.2 Å². The van der Waals surface area contributed by atoms with E-state index in [1.54, 1.807) is 6.92 Å². The highest BCUT2D eigenvalue weighted by Crippen LogP contribution is 2.29. The molecule has 15 heavy (non-hydrogen) atoms. The molecular weight excluding hydrogens is 208 g/mol. The fraction of sp³-hybridized carbons (Fsp3) is 0.300. The van der Waals surface area contributed by atoms with E-state index in [0.29, 0.717) is 0 Å². The summed E-state index contributed by atoms with van der Waals surface area (Å²) in [6, 6.07) is 3.90. The second-order valence-electron chi connectivity index (χ2n) is 2.80. The van der Waals surface area contributed by atoms with Gasteiger partial charge < -0.3 is 4.74 Å². The quantitative estimate of drug-likeness (QED) is 0.712. The maximum atomic E-state index is 12.2. The molecule has 1 aromatic rings. The van der Waals surface area contributed by atoms with Gasteiger partial charge in [-0.3, -0.25) is 0 Å². The van der Waals surface area contributed by atoms with Crippen LogP contribution < -0.4 is 0 Å². The van der Waals surface area contributed by atoms with E-state index in [1.165, 1.54) is 0 Å². The number of alkyl halides is 3. The van der Waals surface area contributed by atoms with Crippen molar-refractivity contribution in [1.82, 2.24) is 0 Å². The Morgan fingerprint density at radius 3 is 2.20 bits per heavy atom. The molecule has 0 aliphatic rings. The van der Waals surface area contributed by atoms with Crippen LogP contribution in [0.4, 0.5) is 13.2 Å². The third kappa shape index (κ3) is 2.97. The summed E-state index contributed by atoms with van der Waals surface area (Å²) >= 11 is 0. The Morgan fingerprint density at radius 2 is 1.80 bits per heavy atom. The van der Waals surface area contributed by atoms with Crippen LogP contribution in [0.15, 0.2) is 24.3 Å².